The van der Waals surface area contributed by atoms with Gasteiger partial charge >= 0.3 is 0 Å². The standard InChI is InChI=1S/C20H27ClN2O2/c1-7-17(15(6)24)23-18-10-13(4)22-20(14(18)5)25-19-11(2)8-16(21)9-12(19)3/h8-10,15,17,24H,7H2,1-6H3,(H,22,23). The van der Waals surface area contributed by atoms with E-state index in [0.717, 1.165) is 40.2 Å². The predicted octanol–water partition coefficient (Wildman–Crippen LogP) is 5.33. The lowest BCUT2D eigenvalue weighted by Gasteiger charge is -2.23. The Morgan fingerprint density at radius 1 is 1.16 bits per heavy atom. The van der Waals surface area contributed by atoms with E-state index < -0.39 is 6.10 Å². The summed E-state index contributed by atoms with van der Waals surface area (Å²) in [6.45, 7) is 11.7. The molecule has 1 aromatic carbocycles. The van der Waals surface area contributed by atoms with Crippen LogP contribution in [0.15, 0.2) is 18.2 Å². The lowest BCUT2D eigenvalue weighted by Crippen LogP contribution is -2.31. The number of pyridine rings is 1. The van der Waals surface area contributed by atoms with Crippen LogP contribution in [0.5, 0.6) is 11.6 Å². The van der Waals surface area contributed by atoms with E-state index in [1.165, 1.54) is 0 Å². The summed E-state index contributed by atoms with van der Waals surface area (Å²) in [5.41, 5.74) is 4.64. The topological polar surface area (TPSA) is 54.4 Å². The number of aromatic nitrogens is 1. The van der Waals surface area contributed by atoms with Crippen molar-refractivity contribution < 1.29 is 9.84 Å². The van der Waals surface area contributed by atoms with Gasteiger partial charge in [-0.25, -0.2) is 4.98 Å². The summed E-state index contributed by atoms with van der Waals surface area (Å²) in [6.07, 6.45) is 0.382. The molecule has 0 bridgehead atoms. The fourth-order valence-electron chi connectivity index (χ4n) is 2.88. The van der Waals surface area contributed by atoms with Crippen LogP contribution in [0.25, 0.3) is 0 Å². The first-order valence-corrected chi connectivity index (χ1v) is 8.98. The third-order valence-electron chi connectivity index (χ3n) is 4.34. The van der Waals surface area contributed by atoms with E-state index in [9.17, 15) is 5.11 Å². The van der Waals surface area contributed by atoms with Gasteiger partial charge in [0.2, 0.25) is 5.88 Å². The average Bonchev–Trinajstić information content (AvgIpc) is 2.51. The number of ether oxygens (including phenoxy) is 1. The number of hydrogen-bond donors (Lipinski definition) is 2. The zero-order valence-electron chi connectivity index (χ0n) is 15.8. The molecule has 5 heteroatoms. The van der Waals surface area contributed by atoms with Crippen molar-refractivity contribution in [3.8, 4) is 11.6 Å². The maximum atomic E-state index is 9.92. The second-order valence-electron chi connectivity index (χ2n) is 6.61. The third-order valence-corrected chi connectivity index (χ3v) is 4.56. The fourth-order valence-corrected chi connectivity index (χ4v) is 3.20. The van der Waals surface area contributed by atoms with Crippen LogP contribution in [0.3, 0.4) is 0 Å². The molecular formula is C20H27ClN2O2. The summed E-state index contributed by atoms with van der Waals surface area (Å²) < 4.78 is 6.15. The van der Waals surface area contributed by atoms with E-state index in [4.69, 9.17) is 16.3 Å². The summed E-state index contributed by atoms with van der Waals surface area (Å²) in [5.74, 6) is 1.34. The first kappa shape index (κ1) is 19.5. The van der Waals surface area contributed by atoms with Crippen molar-refractivity contribution in [2.24, 2.45) is 0 Å². The van der Waals surface area contributed by atoms with Crippen LogP contribution in [-0.2, 0) is 0 Å². The van der Waals surface area contributed by atoms with E-state index in [2.05, 4.69) is 10.3 Å². The van der Waals surface area contributed by atoms with Crippen molar-refractivity contribution >= 4 is 17.3 Å². The van der Waals surface area contributed by atoms with Crippen molar-refractivity contribution in [3.63, 3.8) is 0 Å². The molecule has 0 radical (unpaired) electrons. The molecular weight excluding hydrogens is 336 g/mol. The predicted molar refractivity (Wildman–Crippen MR) is 104 cm³/mol. The van der Waals surface area contributed by atoms with E-state index in [1.54, 1.807) is 6.92 Å². The summed E-state index contributed by atoms with van der Waals surface area (Å²) in [4.78, 5) is 4.55. The molecule has 2 aromatic rings. The molecule has 0 spiro atoms. The monoisotopic (exact) mass is 362 g/mol. The Morgan fingerprint density at radius 2 is 1.76 bits per heavy atom. The maximum absolute atomic E-state index is 9.92. The normalized spacial score (nSPS) is 13.4. The molecule has 0 aliphatic carbocycles. The van der Waals surface area contributed by atoms with Gasteiger partial charge in [0.25, 0.3) is 0 Å². The molecule has 0 amide bonds. The molecule has 25 heavy (non-hydrogen) atoms. The van der Waals surface area contributed by atoms with Crippen molar-refractivity contribution in [2.75, 3.05) is 5.32 Å². The SMILES string of the molecule is CCC(Nc1cc(C)nc(Oc2c(C)cc(Cl)cc2C)c1C)C(C)O. The number of anilines is 1. The average molecular weight is 363 g/mol. The molecule has 2 rings (SSSR count). The largest absolute Gasteiger partial charge is 0.438 e. The number of aryl methyl sites for hydroxylation is 3. The van der Waals surface area contributed by atoms with E-state index in [1.807, 2.05) is 52.8 Å². The molecule has 2 atom stereocenters. The van der Waals surface area contributed by atoms with Gasteiger partial charge in [0.1, 0.15) is 5.75 Å². The number of hydrogen-bond acceptors (Lipinski definition) is 4. The summed E-state index contributed by atoms with van der Waals surface area (Å²) in [6, 6.07) is 5.73. The quantitative estimate of drug-likeness (QED) is 0.729. The van der Waals surface area contributed by atoms with Gasteiger partial charge in [-0.15, -0.1) is 0 Å². The highest BCUT2D eigenvalue weighted by Crippen LogP contribution is 2.34. The van der Waals surface area contributed by atoms with E-state index in [-0.39, 0.29) is 6.04 Å². The Kier molecular flexibility index (Phi) is 6.31. The zero-order valence-corrected chi connectivity index (χ0v) is 16.5. The lowest BCUT2D eigenvalue weighted by molar-refractivity contribution is 0.169. The summed E-state index contributed by atoms with van der Waals surface area (Å²) in [7, 11) is 0. The molecule has 2 unspecified atom stereocenters. The molecule has 4 nitrogen and oxygen atoms in total. The Morgan fingerprint density at radius 3 is 2.28 bits per heavy atom. The van der Waals surface area contributed by atoms with Crippen LogP contribution >= 0.6 is 11.6 Å². The minimum Gasteiger partial charge on any atom is -0.438 e. The van der Waals surface area contributed by atoms with Crippen LogP contribution in [-0.4, -0.2) is 22.2 Å². The Hall–Kier alpha value is -1.78. The van der Waals surface area contributed by atoms with Gasteiger partial charge in [0, 0.05) is 22.0 Å². The van der Waals surface area contributed by atoms with Crippen LogP contribution < -0.4 is 10.1 Å². The van der Waals surface area contributed by atoms with Gasteiger partial charge in [-0.2, -0.15) is 0 Å². The summed E-state index contributed by atoms with van der Waals surface area (Å²) in [5, 5.41) is 14.0. The Balaban J connectivity index is 2.40. The Bertz CT molecular complexity index is 737. The van der Waals surface area contributed by atoms with Gasteiger partial charge in [0.05, 0.1) is 12.1 Å². The third kappa shape index (κ3) is 4.65. The molecule has 0 saturated carbocycles. The molecule has 136 valence electrons. The van der Waals surface area contributed by atoms with Crippen molar-refractivity contribution in [1.82, 2.24) is 4.98 Å². The zero-order chi connectivity index (χ0) is 18.7. The molecule has 1 heterocycles. The number of aliphatic hydroxyl groups is 1. The van der Waals surface area contributed by atoms with Gasteiger partial charge in [0.15, 0.2) is 0 Å². The first-order chi connectivity index (χ1) is 11.7. The summed E-state index contributed by atoms with van der Waals surface area (Å²) >= 11 is 6.10. The molecule has 1 aromatic heterocycles. The Labute approximate surface area is 155 Å². The molecule has 2 N–H and O–H groups in total. The fraction of sp³-hybridized carbons (Fsp3) is 0.450. The van der Waals surface area contributed by atoms with Crippen molar-refractivity contribution in [1.29, 1.82) is 0 Å². The molecule has 0 aliphatic rings. The number of nitrogens with zero attached hydrogens (tertiary/aromatic N) is 1. The number of halogens is 1. The number of aliphatic hydroxyl groups excluding tert-OH is 1. The van der Waals surface area contributed by atoms with Crippen LogP contribution in [0, 0.1) is 27.7 Å². The second kappa shape index (κ2) is 8.07. The second-order valence-corrected chi connectivity index (χ2v) is 7.05. The van der Waals surface area contributed by atoms with Gasteiger partial charge < -0.3 is 15.2 Å². The van der Waals surface area contributed by atoms with Crippen LogP contribution in [0.2, 0.25) is 5.02 Å². The first-order valence-electron chi connectivity index (χ1n) is 8.60. The van der Waals surface area contributed by atoms with Gasteiger partial charge in [-0.05, 0) is 70.4 Å². The highest BCUT2D eigenvalue weighted by atomic mass is 35.5. The van der Waals surface area contributed by atoms with Crippen LogP contribution in [0.1, 0.15) is 42.7 Å². The lowest BCUT2D eigenvalue weighted by atomic mass is 10.1. The number of nitrogens with one attached hydrogen (secondary N) is 1. The van der Waals surface area contributed by atoms with Crippen molar-refractivity contribution in [2.45, 2.75) is 60.1 Å². The minimum atomic E-state index is -0.442. The minimum absolute atomic E-state index is 0.0210. The maximum Gasteiger partial charge on any atom is 0.224 e. The highest BCUT2D eigenvalue weighted by Gasteiger charge is 2.17. The molecule has 0 saturated heterocycles. The number of rotatable bonds is 6. The van der Waals surface area contributed by atoms with Crippen molar-refractivity contribution in [3.05, 3.63) is 45.6 Å². The smallest absolute Gasteiger partial charge is 0.224 e. The van der Waals surface area contributed by atoms with E-state index >= 15 is 0 Å². The molecule has 0 aliphatic heterocycles. The number of benzene rings is 1. The van der Waals surface area contributed by atoms with Gasteiger partial charge in [-0.1, -0.05) is 18.5 Å². The van der Waals surface area contributed by atoms with E-state index in [0.29, 0.717) is 10.9 Å². The molecule has 0 fully saturated rings. The van der Waals surface area contributed by atoms with Gasteiger partial charge in [-0.3, -0.25) is 0 Å². The highest BCUT2D eigenvalue weighted by molar-refractivity contribution is 6.30. The van der Waals surface area contributed by atoms with Crippen LogP contribution in [0.4, 0.5) is 5.69 Å².